The molecular weight excluding hydrogens is 221 g/mol. The number of halogens is 1. The van der Waals surface area contributed by atoms with Gasteiger partial charge in [-0.2, -0.15) is 0 Å². The molecule has 0 spiro atoms. The zero-order valence-electron chi connectivity index (χ0n) is 9.58. The first-order chi connectivity index (χ1) is 7.63. The second kappa shape index (κ2) is 5.09. The van der Waals surface area contributed by atoms with Crippen LogP contribution >= 0.6 is 11.8 Å². The van der Waals surface area contributed by atoms with E-state index in [2.05, 4.69) is 6.92 Å². The molecule has 88 valence electrons. The van der Waals surface area contributed by atoms with Crippen molar-refractivity contribution in [3.63, 3.8) is 0 Å². The van der Waals surface area contributed by atoms with Crippen LogP contribution in [0.25, 0.3) is 0 Å². The van der Waals surface area contributed by atoms with Gasteiger partial charge in [0.1, 0.15) is 5.82 Å². The second-order valence-electron chi connectivity index (χ2n) is 4.73. The van der Waals surface area contributed by atoms with Gasteiger partial charge in [0.05, 0.1) is 0 Å². The Labute approximate surface area is 101 Å². The number of rotatable bonds is 2. The van der Waals surface area contributed by atoms with Gasteiger partial charge < -0.3 is 5.73 Å². The van der Waals surface area contributed by atoms with E-state index in [1.807, 2.05) is 6.07 Å². The summed E-state index contributed by atoms with van der Waals surface area (Å²) in [6.07, 6.45) is 5.11. The van der Waals surface area contributed by atoms with Gasteiger partial charge in [-0.15, -0.1) is 11.8 Å². The molecule has 0 aliphatic heterocycles. The molecule has 3 heteroatoms. The third-order valence-electron chi connectivity index (χ3n) is 3.08. The van der Waals surface area contributed by atoms with E-state index >= 15 is 0 Å². The van der Waals surface area contributed by atoms with E-state index in [0.717, 1.165) is 10.8 Å². The highest BCUT2D eigenvalue weighted by molar-refractivity contribution is 8.00. The van der Waals surface area contributed by atoms with E-state index in [0.29, 0.717) is 10.9 Å². The molecule has 0 aromatic heterocycles. The molecule has 1 aliphatic rings. The lowest BCUT2D eigenvalue weighted by Gasteiger charge is -2.26. The minimum atomic E-state index is -0.230. The number of nitrogen functional groups attached to an aromatic ring is 1. The van der Waals surface area contributed by atoms with E-state index in [-0.39, 0.29) is 5.82 Å². The average Bonchev–Trinajstić information content (AvgIpc) is 2.15. The summed E-state index contributed by atoms with van der Waals surface area (Å²) < 4.78 is 13.2. The largest absolute Gasteiger partial charge is 0.399 e. The highest BCUT2D eigenvalue weighted by atomic mass is 32.2. The van der Waals surface area contributed by atoms with E-state index in [1.165, 1.54) is 31.7 Å². The van der Waals surface area contributed by atoms with E-state index in [1.54, 1.807) is 17.8 Å². The molecule has 16 heavy (non-hydrogen) atoms. The molecular formula is C13H18FNS. The minimum Gasteiger partial charge on any atom is -0.399 e. The lowest BCUT2D eigenvalue weighted by atomic mass is 9.91. The van der Waals surface area contributed by atoms with E-state index in [4.69, 9.17) is 5.73 Å². The van der Waals surface area contributed by atoms with E-state index in [9.17, 15) is 4.39 Å². The SMILES string of the molecule is CC1CCCC(Sc2cc(N)cc(F)c2)C1. The van der Waals surface area contributed by atoms with Crippen molar-refractivity contribution in [2.45, 2.75) is 42.8 Å². The predicted molar refractivity (Wildman–Crippen MR) is 68.1 cm³/mol. The molecule has 1 aromatic rings. The molecule has 1 aromatic carbocycles. The Bertz CT molecular complexity index is 347. The van der Waals surface area contributed by atoms with Gasteiger partial charge in [-0.25, -0.2) is 4.39 Å². The van der Waals surface area contributed by atoms with Crippen molar-refractivity contribution in [2.24, 2.45) is 5.92 Å². The molecule has 1 nitrogen and oxygen atoms in total. The maximum Gasteiger partial charge on any atom is 0.126 e. The van der Waals surface area contributed by atoms with Gasteiger partial charge in [-0.1, -0.05) is 19.8 Å². The van der Waals surface area contributed by atoms with Crippen LogP contribution in [0.15, 0.2) is 23.1 Å². The van der Waals surface area contributed by atoms with Gasteiger partial charge in [0.15, 0.2) is 0 Å². The fourth-order valence-corrected chi connectivity index (χ4v) is 3.81. The standard InChI is InChI=1S/C13H18FNS/c1-9-3-2-4-12(5-9)16-13-7-10(14)6-11(15)8-13/h6-9,12H,2-5,15H2,1H3. The summed E-state index contributed by atoms with van der Waals surface area (Å²) in [5, 5.41) is 0.630. The summed E-state index contributed by atoms with van der Waals surface area (Å²) >= 11 is 1.78. The first-order valence-electron chi connectivity index (χ1n) is 5.86. The number of hydrogen-bond acceptors (Lipinski definition) is 2. The average molecular weight is 239 g/mol. The van der Waals surface area contributed by atoms with Crippen LogP contribution in [0.2, 0.25) is 0 Å². The van der Waals surface area contributed by atoms with Gasteiger partial charge in [-0.05, 0) is 37.0 Å². The van der Waals surface area contributed by atoms with Crippen LogP contribution in [0.4, 0.5) is 10.1 Å². The number of hydrogen-bond donors (Lipinski definition) is 1. The van der Waals surface area contributed by atoms with Crippen molar-refractivity contribution in [3.05, 3.63) is 24.0 Å². The molecule has 0 radical (unpaired) electrons. The highest BCUT2D eigenvalue weighted by Gasteiger charge is 2.19. The van der Waals surface area contributed by atoms with Crippen LogP contribution in [0.1, 0.15) is 32.6 Å². The third-order valence-corrected chi connectivity index (χ3v) is 4.35. The number of anilines is 1. The molecule has 0 amide bonds. The van der Waals surface area contributed by atoms with Crippen LogP contribution < -0.4 is 5.73 Å². The molecule has 0 saturated heterocycles. The Hall–Kier alpha value is -0.700. The zero-order valence-corrected chi connectivity index (χ0v) is 10.4. The number of nitrogens with two attached hydrogens (primary N) is 1. The molecule has 2 atom stereocenters. The third kappa shape index (κ3) is 3.14. The molecule has 2 rings (SSSR count). The second-order valence-corrected chi connectivity index (χ2v) is 6.11. The number of thioether (sulfide) groups is 1. The van der Waals surface area contributed by atoms with Crippen molar-refractivity contribution >= 4 is 17.4 Å². The summed E-state index contributed by atoms with van der Waals surface area (Å²) in [7, 11) is 0. The van der Waals surface area contributed by atoms with Crippen molar-refractivity contribution in [2.75, 3.05) is 5.73 Å². The topological polar surface area (TPSA) is 26.0 Å². The Balaban J connectivity index is 2.02. The van der Waals surface area contributed by atoms with Gasteiger partial charge in [0.25, 0.3) is 0 Å². The van der Waals surface area contributed by atoms with Gasteiger partial charge in [0, 0.05) is 15.8 Å². The van der Waals surface area contributed by atoms with Crippen LogP contribution in [-0.4, -0.2) is 5.25 Å². The molecule has 1 saturated carbocycles. The van der Waals surface area contributed by atoms with Gasteiger partial charge in [-0.3, -0.25) is 0 Å². The zero-order chi connectivity index (χ0) is 11.5. The predicted octanol–water partition coefficient (Wildman–Crippen LogP) is 4.08. The van der Waals surface area contributed by atoms with Crippen LogP contribution in [0.5, 0.6) is 0 Å². The highest BCUT2D eigenvalue weighted by Crippen LogP contribution is 2.36. The minimum absolute atomic E-state index is 0.230. The summed E-state index contributed by atoms with van der Waals surface area (Å²) in [5.41, 5.74) is 6.16. The molecule has 1 fully saturated rings. The summed E-state index contributed by atoms with van der Waals surface area (Å²) in [4.78, 5) is 0.969. The maximum absolute atomic E-state index is 13.2. The van der Waals surface area contributed by atoms with Crippen molar-refractivity contribution in [1.29, 1.82) is 0 Å². The summed E-state index contributed by atoms with van der Waals surface area (Å²) in [6.45, 7) is 2.30. The van der Waals surface area contributed by atoms with Gasteiger partial charge >= 0.3 is 0 Å². The first kappa shape index (κ1) is 11.8. The van der Waals surface area contributed by atoms with Crippen molar-refractivity contribution in [3.8, 4) is 0 Å². The summed E-state index contributed by atoms with van der Waals surface area (Å²) in [6, 6.07) is 4.82. The van der Waals surface area contributed by atoms with Crippen molar-refractivity contribution < 1.29 is 4.39 Å². The maximum atomic E-state index is 13.2. The first-order valence-corrected chi connectivity index (χ1v) is 6.74. The smallest absolute Gasteiger partial charge is 0.126 e. The lowest BCUT2D eigenvalue weighted by molar-refractivity contribution is 0.394. The quantitative estimate of drug-likeness (QED) is 0.787. The Morgan fingerprint density at radius 2 is 2.12 bits per heavy atom. The van der Waals surface area contributed by atoms with Crippen LogP contribution in [0, 0.1) is 11.7 Å². The van der Waals surface area contributed by atoms with Crippen LogP contribution in [0.3, 0.4) is 0 Å². The molecule has 0 heterocycles. The van der Waals surface area contributed by atoms with Crippen LogP contribution in [-0.2, 0) is 0 Å². The Kier molecular flexibility index (Phi) is 3.74. The molecule has 1 aliphatic carbocycles. The monoisotopic (exact) mass is 239 g/mol. The van der Waals surface area contributed by atoms with Crippen molar-refractivity contribution in [1.82, 2.24) is 0 Å². The molecule has 2 N–H and O–H groups in total. The molecule has 0 bridgehead atoms. The normalized spacial score (nSPS) is 25.6. The number of benzene rings is 1. The Morgan fingerprint density at radius 1 is 1.31 bits per heavy atom. The van der Waals surface area contributed by atoms with Gasteiger partial charge in [0.2, 0.25) is 0 Å². The van der Waals surface area contributed by atoms with E-state index < -0.39 is 0 Å². The summed E-state index contributed by atoms with van der Waals surface area (Å²) in [5.74, 6) is 0.573. The lowest BCUT2D eigenvalue weighted by Crippen LogP contribution is -2.14. The molecule has 2 unspecified atom stereocenters. The fraction of sp³-hybridized carbons (Fsp3) is 0.538. The fourth-order valence-electron chi connectivity index (χ4n) is 2.33. The Morgan fingerprint density at radius 3 is 2.81 bits per heavy atom.